The Morgan fingerprint density at radius 1 is 1.12 bits per heavy atom. The summed E-state index contributed by atoms with van der Waals surface area (Å²) in [5.74, 6) is 0. The van der Waals surface area contributed by atoms with Gasteiger partial charge in [-0.1, -0.05) is 30.3 Å². The molecule has 1 fully saturated rings. The normalized spacial score (nSPS) is 22.1. The molecule has 0 amide bonds. The van der Waals surface area contributed by atoms with E-state index in [-0.39, 0.29) is 0 Å². The van der Waals surface area contributed by atoms with Crippen molar-refractivity contribution >= 4 is 0 Å². The molecule has 1 saturated heterocycles. The van der Waals surface area contributed by atoms with E-state index in [0.29, 0.717) is 12.1 Å². The maximum atomic E-state index is 4.66. The molecule has 25 heavy (non-hydrogen) atoms. The summed E-state index contributed by atoms with van der Waals surface area (Å²) in [6.45, 7) is 5.64. The lowest BCUT2D eigenvalue weighted by Gasteiger charge is -2.36. The van der Waals surface area contributed by atoms with Crippen LogP contribution in [0.3, 0.4) is 0 Å². The minimum absolute atomic E-state index is 0.503. The molecule has 0 spiro atoms. The molecule has 1 atom stereocenters. The van der Waals surface area contributed by atoms with Crippen molar-refractivity contribution < 1.29 is 0 Å². The largest absolute Gasteiger partial charge is 0.307 e. The molecule has 0 radical (unpaired) electrons. The first-order valence-electron chi connectivity index (χ1n) is 9.75. The molecule has 1 aliphatic heterocycles. The Kier molecular flexibility index (Phi) is 4.91. The predicted molar refractivity (Wildman–Crippen MR) is 102 cm³/mol. The van der Waals surface area contributed by atoms with Gasteiger partial charge in [-0.25, -0.2) is 0 Å². The van der Waals surface area contributed by atoms with Gasteiger partial charge in [0, 0.05) is 36.9 Å². The number of hydrogen-bond acceptors (Lipinski definition) is 3. The number of rotatable bonds is 4. The van der Waals surface area contributed by atoms with Gasteiger partial charge in [0.05, 0.1) is 5.69 Å². The Balaban J connectivity index is 1.34. The Hall–Kier alpha value is -1.65. The lowest BCUT2D eigenvalue weighted by atomic mass is 9.89. The molecule has 0 saturated carbocycles. The molecule has 0 bridgehead atoms. The van der Waals surface area contributed by atoms with Crippen LogP contribution in [0.25, 0.3) is 0 Å². The van der Waals surface area contributed by atoms with Crippen LogP contribution < -0.4 is 5.32 Å². The zero-order valence-corrected chi connectivity index (χ0v) is 15.5. The van der Waals surface area contributed by atoms with Crippen LogP contribution in [0.4, 0.5) is 0 Å². The molecule has 4 nitrogen and oxygen atoms in total. The van der Waals surface area contributed by atoms with E-state index in [1.807, 2.05) is 0 Å². The van der Waals surface area contributed by atoms with Crippen LogP contribution in [0, 0.1) is 6.92 Å². The van der Waals surface area contributed by atoms with Crippen molar-refractivity contribution in [2.45, 2.75) is 57.7 Å². The van der Waals surface area contributed by atoms with Gasteiger partial charge in [-0.15, -0.1) is 0 Å². The number of aromatic nitrogens is 2. The van der Waals surface area contributed by atoms with Crippen LogP contribution in [0.1, 0.15) is 54.2 Å². The molecular formula is C21H30N4. The van der Waals surface area contributed by atoms with Gasteiger partial charge in [-0.05, 0) is 57.7 Å². The summed E-state index contributed by atoms with van der Waals surface area (Å²) in [4.78, 5) is 2.59. The van der Waals surface area contributed by atoms with Crippen molar-refractivity contribution in [1.29, 1.82) is 0 Å². The van der Waals surface area contributed by atoms with Gasteiger partial charge >= 0.3 is 0 Å². The number of hydrogen-bond donors (Lipinski definition) is 1. The molecule has 1 aliphatic carbocycles. The van der Waals surface area contributed by atoms with Gasteiger partial charge in [0.25, 0.3) is 0 Å². The van der Waals surface area contributed by atoms with Gasteiger partial charge in [0.1, 0.15) is 0 Å². The lowest BCUT2D eigenvalue weighted by molar-refractivity contribution is 0.181. The SMILES string of the molecule is Cc1nn(C)c2c1C(NC1CCN(Cc3ccccc3)CC1)CCC2. The summed E-state index contributed by atoms with van der Waals surface area (Å²) >= 11 is 0. The van der Waals surface area contributed by atoms with Crippen molar-refractivity contribution in [2.24, 2.45) is 7.05 Å². The first-order chi connectivity index (χ1) is 12.2. The smallest absolute Gasteiger partial charge is 0.0644 e. The van der Waals surface area contributed by atoms with Gasteiger partial charge in [0.15, 0.2) is 0 Å². The van der Waals surface area contributed by atoms with Crippen molar-refractivity contribution in [3.63, 3.8) is 0 Å². The van der Waals surface area contributed by atoms with Crippen molar-refractivity contribution in [1.82, 2.24) is 20.0 Å². The van der Waals surface area contributed by atoms with E-state index >= 15 is 0 Å². The van der Waals surface area contributed by atoms with E-state index in [1.54, 1.807) is 0 Å². The van der Waals surface area contributed by atoms with Crippen LogP contribution in [0.5, 0.6) is 0 Å². The highest BCUT2D eigenvalue weighted by atomic mass is 15.3. The summed E-state index contributed by atoms with van der Waals surface area (Å²) in [5.41, 5.74) is 5.58. The van der Waals surface area contributed by atoms with E-state index in [9.17, 15) is 0 Å². The molecule has 134 valence electrons. The molecule has 2 aliphatic rings. The minimum atomic E-state index is 0.503. The predicted octanol–water partition coefficient (Wildman–Crippen LogP) is 3.36. The standard InChI is InChI=1S/C21H30N4/c1-16-21-19(9-6-10-20(21)24(2)23-16)22-18-11-13-25(14-12-18)15-17-7-4-3-5-8-17/h3-5,7-8,18-19,22H,6,9-15H2,1-2H3. The number of likely N-dealkylation sites (tertiary alicyclic amines) is 1. The van der Waals surface area contributed by atoms with Gasteiger partial charge in [0.2, 0.25) is 0 Å². The third-order valence-electron chi connectivity index (χ3n) is 5.92. The summed E-state index contributed by atoms with van der Waals surface area (Å²) in [5, 5.41) is 8.64. The van der Waals surface area contributed by atoms with Gasteiger partial charge in [-0.3, -0.25) is 9.58 Å². The molecule has 1 N–H and O–H groups in total. The maximum absolute atomic E-state index is 4.66. The quantitative estimate of drug-likeness (QED) is 0.928. The van der Waals surface area contributed by atoms with E-state index in [0.717, 1.165) is 6.54 Å². The number of aryl methyl sites for hydroxylation is 2. The Morgan fingerprint density at radius 2 is 1.88 bits per heavy atom. The molecule has 1 unspecified atom stereocenters. The Labute approximate surface area is 151 Å². The van der Waals surface area contributed by atoms with Crippen molar-refractivity contribution in [2.75, 3.05) is 13.1 Å². The second kappa shape index (κ2) is 7.30. The van der Waals surface area contributed by atoms with Crippen LogP contribution in [0.2, 0.25) is 0 Å². The van der Waals surface area contributed by atoms with E-state index in [4.69, 9.17) is 0 Å². The first kappa shape index (κ1) is 16.8. The second-order valence-corrected chi connectivity index (χ2v) is 7.72. The Morgan fingerprint density at radius 3 is 2.64 bits per heavy atom. The van der Waals surface area contributed by atoms with Crippen LogP contribution in [0.15, 0.2) is 30.3 Å². The first-order valence-corrected chi connectivity index (χ1v) is 9.75. The van der Waals surface area contributed by atoms with E-state index < -0.39 is 0 Å². The molecular weight excluding hydrogens is 308 g/mol. The zero-order valence-electron chi connectivity index (χ0n) is 15.5. The monoisotopic (exact) mass is 338 g/mol. The van der Waals surface area contributed by atoms with Gasteiger partial charge < -0.3 is 5.32 Å². The number of fused-ring (bicyclic) bond motifs is 1. The van der Waals surface area contributed by atoms with Crippen molar-refractivity contribution in [3.05, 3.63) is 52.8 Å². The third-order valence-corrected chi connectivity index (χ3v) is 5.92. The molecule has 1 aromatic heterocycles. The number of nitrogens with one attached hydrogen (secondary N) is 1. The molecule has 1 aromatic carbocycles. The minimum Gasteiger partial charge on any atom is -0.307 e. The topological polar surface area (TPSA) is 33.1 Å². The fourth-order valence-electron chi connectivity index (χ4n) is 4.64. The lowest BCUT2D eigenvalue weighted by Crippen LogP contribution is -2.44. The van der Waals surface area contributed by atoms with E-state index in [1.165, 1.54) is 67.7 Å². The number of nitrogens with zero attached hydrogens (tertiary/aromatic N) is 3. The number of piperidine rings is 1. The summed E-state index contributed by atoms with van der Waals surface area (Å²) in [6.07, 6.45) is 6.20. The van der Waals surface area contributed by atoms with Crippen LogP contribution >= 0.6 is 0 Å². The fourth-order valence-corrected chi connectivity index (χ4v) is 4.64. The average molecular weight is 338 g/mol. The number of benzene rings is 1. The summed E-state index contributed by atoms with van der Waals surface area (Å²) in [6, 6.07) is 12.0. The molecule has 2 heterocycles. The highest BCUT2D eigenvalue weighted by Crippen LogP contribution is 2.33. The zero-order chi connectivity index (χ0) is 17.2. The molecule has 4 rings (SSSR count). The molecule has 4 heteroatoms. The van der Waals surface area contributed by atoms with Crippen LogP contribution in [-0.2, 0) is 20.0 Å². The van der Waals surface area contributed by atoms with Crippen molar-refractivity contribution in [3.8, 4) is 0 Å². The maximum Gasteiger partial charge on any atom is 0.0644 e. The third kappa shape index (κ3) is 3.65. The molecule has 2 aromatic rings. The summed E-state index contributed by atoms with van der Waals surface area (Å²) < 4.78 is 2.10. The Bertz CT molecular complexity index is 698. The second-order valence-electron chi connectivity index (χ2n) is 7.72. The van der Waals surface area contributed by atoms with Gasteiger partial charge in [-0.2, -0.15) is 5.10 Å². The van der Waals surface area contributed by atoms with E-state index in [2.05, 4.69) is 64.3 Å². The highest BCUT2D eigenvalue weighted by Gasteiger charge is 2.29. The average Bonchev–Trinajstić information content (AvgIpc) is 2.93. The fraction of sp³-hybridized carbons (Fsp3) is 0.571. The highest BCUT2D eigenvalue weighted by molar-refractivity contribution is 5.31. The summed E-state index contributed by atoms with van der Waals surface area (Å²) in [7, 11) is 2.09. The van der Waals surface area contributed by atoms with Crippen LogP contribution in [-0.4, -0.2) is 33.8 Å².